The number of nitrogens with zero attached hydrogens (tertiary/aromatic N) is 2. The van der Waals surface area contributed by atoms with Gasteiger partial charge < -0.3 is 10.0 Å². The lowest BCUT2D eigenvalue weighted by Gasteiger charge is -2.29. The fourth-order valence-corrected chi connectivity index (χ4v) is 3.44. The third kappa shape index (κ3) is 3.22. The van der Waals surface area contributed by atoms with Crippen LogP contribution in [0.2, 0.25) is 0 Å². The number of aromatic amines is 1. The van der Waals surface area contributed by atoms with Gasteiger partial charge in [0.15, 0.2) is 0 Å². The Hall–Kier alpha value is -2.14. The van der Waals surface area contributed by atoms with E-state index in [-0.39, 0.29) is 11.8 Å². The second-order valence-corrected chi connectivity index (χ2v) is 7.28. The zero-order valence-electron chi connectivity index (χ0n) is 14.5. The number of carbonyl (C=O) groups excluding carboxylic acids is 1. The van der Waals surface area contributed by atoms with Crippen molar-refractivity contribution >= 4 is 5.91 Å². The van der Waals surface area contributed by atoms with Gasteiger partial charge in [0.2, 0.25) is 5.91 Å². The molecule has 2 unspecified atom stereocenters. The summed E-state index contributed by atoms with van der Waals surface area (Å²) in [5.41, 5.74) is 2.35. The molecule has 1 amide bonds. The summed E-state index contributed by atoms with van der Waals surface area (Å²) < 4.78 is 0. The van der Waals surface area contributed by atoms with Crippen molar-refractivity contribution in [2.75, 3.05) is 13.1 Å². The van der Waals surface area contributed by atoms with Gasteiger partial charge in [-0.2, -0.15) is 5.10 Å². The van der Waals surface area contributed by atoms with Crippen LogP contribution in [-0.2, 0) is 16.6 Å². The summed E-state index contributed by atoms with van der Waals surface area (Å²) in [5, 5.41) is 17.5. The maximum atomic E-state index is 13.0. The third-order valence-electron chi connectivity index (χ3n) is 4.95. The molecule has 1 aliphatic heterocycles. The molecule has 3 rings (SSSR count). The zero-order chi connectivity index (χ0) is 17.3. The number of amides is 1. The van der Waals surface area contributed by atoms with E-state index < -0.39 is 11.5 Å². The summed E-state index contributed by atoms with van der Waals surface area (Å²) in [6.07, 6.45) is 0.179. The van der Waals surface area contributed by atoms with E-state index in [0.717, 1.165) is 17.0 Å². The molecule has 1 fully saturated rings. The molecular weight excluding hydrogens is 302 g/mol. The van der Waals surface area contributed by atoms with Crippen LogP contribution in [0.15, 0.2) is 36.4 Å². The molecule has 2 heterocycles. The van der Waals surface area contributed by atoms with Gasteiger partial charge in [0.1, 0.15) is 0 Å². The highest BCUT2D eigenvalue weighted by Gasteiger charge is 2.40. The lowest BCUT2D eigenvalue weighted by atomic mass is 9.83. The number of aromatic nitrogens is 2. The third-order valence-corrected chi connectivity index (χ3v) is 4.95. The van der Waals surface area contributed by atoms with E-state index in [4.69, 9.17) is 0 Å². The van der Waals surface area contributed by atoms with Crippen molar-refractivity contribution < 1.29 is 9.90 Å². The van der Waals surface area contributed by atoms with Crippen LogP contribution in [0.4, 0.5) is 0 Å². The summed E-state index contributed by atoms with van der Waals surface area (Å²) in [7, 11) is 0. The zero-order valence-corrected chi connectivity index (χ0v) is 14.5. The Morgan fingerprint density at radius 3 is 2.67 bits per heavy atom. The minimum atomic E-state index is -0.598. The summed E-state index contributed by atoms with van der Waals surface area (Å²) >= 11 is 0. The van der Waals surface area contributed by atoms with Crippen molar-refractivity contribution in [3.63, 3.8) is 0 Å². The van der Waals surface area contributed by atoms with Gasteiger partial charge in [-0.3, -0.25) is 9.89 Å². The average molecular weight is 327 g/mol. The lowest BCUT2D eigenvalue weighted by Crippen LogP contribution is -2.42. The van der Waals surface area contributed by atoms with Crippen LogP contribution < -0.4 is 0 Å². The molecule has 2 aromatic rings. The monoisotopic (exact) mass is 327 g/mol. The first-order chi connectivity index (χ1) is 11.4. The molecule has 2 N–H and O–H groups in total. The van der Waals surface area contributed by atoms with Crippen molar-refractivity contribution in [3.8, 4) is 0 Å². The summed E-state index contributed by atoms with van der Waals surface area (Å²) in [6.45, 7) is 6.81. The van der Waals surface area contributed by atoms with Gasteiger partial charge in [-0.15, -0.1) is 0 Å². The SMILES string of the molecule is Cc1cc(CC2CN(C(=O)C(C)(C)c3ccccc3)CC2O)n[nH]1. The first-order valence-electron chi connectivity index (χ1n) is 8.42. The second-order valence-electron chi connectivity index (χ2n) is 7.28. The molecule has 0 aliphatic carbocycles. The van der Waals surface area contributed by atoms with Gasteiger partial charge in [-0.05, 0) is 38.8 Å². The molecule has 5 heteroatoms. The number of carbonyl (C=O) groups is 1. The van der Waals surface area contributed by atoms with Crippen LogP contribution in [0, 0.1) is 12.8 Å². The number of aliphatic hydroxyl groups excluding tert-OH is 1. The van der Waals surface area contributed by atoms with Crippen molar-refractivity contribution in [3.05, 3.63) is 53.3 Å². The van der Waals surface area contributed by atoms with E-state index in [9.17, 15) is 9.90 Å². The molecule has 1 aromatic carbocycles. The van der Waals surface area contributed by atoms with Crippen molar-refractivity contribution in [2.24, 2.45) is 5.92 Å². The lowest BCUT2D eigenvalue weighted by molar-refractivity contribution is -0.135. The number of nitrogens with one attached hydrogen (secondary N) is 1. The fourth-order valence-electron chi connectivity index (χ4n) is 3.44. The van der Waals surface area contributed by atoms with Crippen molar-refractivity contribution in [2.45, 2.75) is 38.7 Å². The van der Waals surface area contributed by atoms with E-state index in [2.05, 4.69) is 10.2 Å². The topological polar surface area (TPSA) is 69.2 Å². The molecule has 0 spiro atoms. The molecule has 1 saturated heterocycles. The Bertz CT molecular complexity index is 708. The van der Waals surface area contributed by atoms with E-state index in [1.165, 1.54) is 0 Å². The molecule has 24 heavy (non-hydrogen) atoms. The van der Waals surface area contributed by atoms with E-state index in [1.54, 1.807) is 4.90 Å². The average Bonchev–Trinajstić information content (AvgIpc) is 3.14. The highest BCUT2D eigenvalue weighted by Crippen LogP contribution is 2.29. The molecule has 2 atom stereocenters. The number of hydrogen-bond donors (Lipinski definition) is 2. The second kappa shape index (κ2) is 6.40. The summed E-state index contributed by atoms with van der Waals surface area (Å²) in [5.74, 6) is 0.0941. The minimum Gasteiger partial charge on any atom is -0.391 e. The quantitative estimate of drug-likeness (QED) is 0.903. The number of likely N-dealkylation sites (tertiary alicyclic amines) is 1. The van der Waals surface area contributed by atoms with E-state index in [0.29, 0.717) is 19.5 Å². The number of H-pyrrole nitrogens is 1. The smallest absolute Gasteiger partial charge is 0.232 e. The first kappa shape index (κ1) is 16.7. The number of β-amino-alcohol motifs (C(OH)–C–C–N with tert-alkyl or cyclic N) is 1. The Kier molecular flexibility index (Phi) is 4.45. The molecule has 0 saturated carbocycles. The fraction of sp³-hybridized carbons (Fsp3) is 0.474. The number of rotatable bonds is 4. The van der Waals surface area contributed by atoms with Crippen molar-refractivity contribution in [1.29, 1.82) is 0 Å². The van der Waals surface area contributed by atoms with Gasteiger partial charge in [-0.25, -0.2) is 0 Å². The molecule has 0 radical (unpaired) electrons. The van der Waals surface area contributed by atoms with Crippen LogP contribution in [-0.4, -0.2) is 45.3 Å². The Balaban J connectivity index is 1.70. The number of aryl methyl sites for hydroxylation is 1. The van der Waals surface area contributed by atoms with Gasteiger partial charge in [-0.1, -0.05) is 30.3 Å². The van der Waals surface area contributed by atoms with E-state index >= 15 is 0 Å². The molecule has 1 aliphatic rings. The number of aliphatic hydroxyl groups is 1. The maximum absolute atomic E-state index is 13.0. The van der Waals surface area contributed by atoms with Gasteiger partial charge in [0, 0.05) is 24.7 Å². The molecular formula is C19H25N3O2. The van der Waals surface area contributed by atoms with Crippen LogP contribution in [0.25, 0.3) is 0 Å². The Labute approximate surface area is 142 Å². The van der Waals surface area contributed by atoms with E-state index in [1.807, 2.05) is 57.2 Å². The number of benzene rings is 1. The van der Waals surface area contributed by atoms with Crippen molar-refractivity contribution in [1.82, 2.24) is 15.1 Å². The van der Waals surface area contributed by atoms with Gasteiger partial charge in [0.25, 0.3) is 0 Å². The summed E-state index contributed by atoms with van der Waals surface area (Å²) in [4.78, 5) is 14.8. The molecule has 0 bridgehead atoms. The van der Waals surface area contributed by atoms with Gasteiger partial charge >= 0.3 is 0 Å². The standard InChI is InChI=1S/C19H25N3O2/c1-13-9-16(21-20-13)10-14-11-22(12-17(14)23)18(24)19(2,3)15-7-5-4-6-8-15/h4-9,14,17,23H,10-12H2,1-3H3,(H,20,21). The normalized spacial score (nSPS) is 21.2. The largest absolute Gasteiger partial charge is 0.391 e. The first-order valence-corrected chi connectivity index (χ1v) is 8.42. The predicted molar refractivity (Wildman–Crippen MR) is 92.6 cm³/mol. The van der Waals surface area contributed by atoms with Crippen LogP contribution in [0.1, 0.15) is 30.8 Å². The Morgan fingerprint density at radius 1 is 1.33 bits per heavy atom. The van der Waals surface area contributed by atoms with Gasteiger partial charge in [0.05, 0.1) is 17.2 Å². The minimum absolute atomic E-state index is 0.0308. The predicted octanol–water partition coefficient (Wildman–Crippen LogP) is 2.06. The Morgan fingerprint density at radius 2 is 2.04 bits per heavy atom. The molecule has 5 nitrogen and oxygen atoms in total. The molecule has 128 valence electrons. The highest BCUT2D eigenvalue weighted by molar-refractivity contribution is 5.87. The maximum Gasteiger partial charge on any atom is 0.232 e. The summed E-state index contributed by atoms with van der Waals surface area (Å²) in [6, 6.07) is 11.8. The molecule has 1 aromatic heterocycles. The van der Waals surface area contributed by atoms with Crippen LogP contribution >= 0.6 is 0 Å². The van der Waals surface area contributed by atoms with Crippen LogP contribution in [0.3, 0.4) is 0 Å². The van der Waals surface area contributed by atoms with Crippen LogP contribution in [0.5, 0.6) is 0 Å². The number of hydrogen-bond acceptors (Lipinski definition) is 3. The highest BCUT2D eigenvalue weighted by atomic mass is 16.3.